The number of benzene rings is 1. The van der Waals surface area contributed by atoms with E-state index in [1.54, 1.807) is 7.11 Å². The Balaban J connectivity index is 2.93. The minimum atomic E-state index is 0.427. The van der Waals surface area contributed by atoms with Gasteiger partial charge in [0.25, 0.3) is 0 Å². The van der Waals surface area contributed by atoms with Crippen LogP contribution in [0.25, 0.3) is 0 Å². The fourth-order valence-electron chi connectivity index (χ4n) is 2.22. The van der Waals surface area contributed by atoms with Crippen molar-refractivity contribution in [2.24, 2.45) is 0 Å². The zero-order valence-electron chi connectivity index (χ0n) is 13.1. The predicted molar refractivity (Wildman–Crippen MR) is 87.8 cm³/mol. The molecule has 1 aromatic rings. The lowest BCUT2D eigenvalue weighted by molar-refractivity contribution is 0.204. The maximum Gasteiger partial charge on any atom is 0.0637 e. The van der Waals surface area contributed by atoms with Crippen molar-refractivity contribution < 1.29 is 4.74 Å². The lowest BCUT2D eigenvalue weighted by Gasteiger charge is -2.31. The Morgan fingerprint density at radius 2 is 2.10 bits per heavy atom. The molecule has 20 heavy (non-hydrogen) atoms. The van der Waals surface area contributed by atoms with Crippen molar-refractivity contribution in [2.45, 2.75) is 39.8 Å². The number of hydrogen-bond acceptors (Lipinski definition) is 3. The molecule has 3 nitrogen and oxygen atoms in total. The second-order valence-electron chi connectivity index (χ2n) is 5.23. The van der Waals surface area contributed by atoms with Crippen LogP contribution in [0.2, 0.25) is 5.02 Å². The molecule has 0 atom stereocenters. The lowest BCUT2D eigenvalue weighted by atomic mass is 10.1. The topological polar surface area (TPSA) is 24.5 Å². The van der Waals surface area contributed by atoms with Gasteiger partial charge in [-0.25, -0.2) is 0 Å². The Kier molecular flexibility index (Phi) is 7.97. The maximum absolute atomic E-state index is 6.15. The zero-order valence-corrected chi connectivity index (χ0v) is 13.8. The van der Waals surface area contributed by atoms with Crippen molar-refractivity contribution >= 4 is 17.3 Å². The monoisotopic (exact) mass is 298 g/mol. The van der Waals surface area contributed by atoms with Gasteiger partial charge in [-0.1, -0.05) is 18.5 Å². The number of methoxy groups -OCH3 is 1. The number of nitrogens with zero attached hydrogens (tertiary/aromatic N) is 1. The first kappa shape index (κ1) is 17.3. The zero-order chi connectivity index (χ0) is 15.0. The Bertz CT molecular complexity index is 396. The highest BCUT2D eigenvalue weighted by molar-refractivity contribution is 6.30. The fourth-order valence-corrected chi connectivity index (χ4v) is 2.42. The van der Waals surface area contributed by atoms with E-state index in [1.807, 2.05) is 6.07 Å². The minimum absolute atomic E-state index is 0.427. The molecule has 0 amide bonds. The fraction of sp³-hybridized carbons (Fsp3) is 0.625. The quantitative estimate of drug-likeness (QED) is 0.704. The summed E-state index contributed by atoms with van der Waals surface area (Å²) in [7, 11) is 1.74. The van der Waals surface area contributed by atoms with Gasteiger partial charge >= 0.3 is 0 Å². The molecule has 0 aliphatic rings. The van der Waals surface area contributed by atoms with Crippen molar-refractivity contribution in [3.63, 3.8) is 0 Å². The van der Waals surface area contributed by atoms with Crippen LogP contribution in [-0.2, 0) is 11.3 Å². The Hall–Kier alpha value is -0.770. The van der Waals surface area contributed by atoms with Gasteiger partial charge < -0.3 is 15.0 Å². The number of ether oxygens (including phenoxy) is 1. The predicted octanol–water partition coefficient (Wildman–Crippen LogP) is 3.70. The van der Waals surface area contributed by atoms with Gasteiger partial charge in [0.15, 0.2) is 0 Å². The van der Waals surface area contributed by atoms with Crippen LogP contribution < -0.4 is 10.2 Å². The van der Waals surface area contributed by atoms with Crippen LogP contribution in [0, 0.1) is 0 Å². The summed E-state index contributed by atoms with van der Waals surface area (Å²) in [4.78, 5) is 2.36. The summed E-state index contributed by atoms with van der Waals surface area (Å²) in [6, 6.07) is 6.56. The van der Waals surface area contributed by atoms with Crippen molar-refractivity contribution in [1.82, 2.24) is 5.32 Å². The third-order valence-electron chi connectivity index (χ3n) is 3.25. The van der Waals surface area contributed by atoms with E-state index in [9.17, 15) is 0 Å². The maximum atomic E-state index is 6.15. The highest BCUT2D eigenvalue weighted by atomic mass is 35.5. The van der Waals surface area contributed by atoms with E-state index in [0.717, 1.165) is 37.7 Å². The number of rotatable bonds is 9. The molecule has 0 aliphatic carbocycles. The molecule has 0 saturated heterocycles. The molecule has 0 spiro atoms. The van der Waals surface area contributed by atoms with Crippen LogP contribution in [0.1, 0.15) is 32.8 Å². The third-order valence-corrected chi connectivity index (χ3v) is 3.49. The molecule has 0 heterocycles. The molecule has 4 heteroatoms. The standard InChI is InChI=1S/C16H27ClN2O/c1-5-8-18-12-14-11-15(17)6-7-16(14)19(13(2)3)9-10-20-4/h6-7,11,13,18H,5,8-10,12H2,1-4H3. The van der Waals surface area contributed by atoms with E-state index >= 15 is 0 Å². The first-order valence-electron chi connectivity index (χ1n) is 7.34. The average molecular weight is 299 g/mol. The largest absolute Gasteiger partial charge is 0.383 e. The third kappa shape index (κ3) is 5.31. The summed E-state index contributed by atoms with van der Waals surface area (Å²) in [5.74, 6) is 0. The van der Waals surface area contributed by atoms with E-state index in [-0.39, 0.29) is 0 Å². The molecule has 0 aromatic heterocycles. The highest BCUT2D eigenvalue weighted by Crippen LogP contribution is 2.26. The molecule has 0 bridgehead atoms. The van der Waals surface area contributed by atoms with Gasteiger partial charge in [-0.05, 0) is 50.6 Å². The van der Waals surface area contributed by atoms with Gasteiger partial charge in [0.2, 0.25) is 0 Å². The molecule has 114 valence electrons. The summed E-state index contributed by atoms with van der Waals surface area (Å²) < 4.78 is 5.22. The van der Waals surface area contributed by atoms with Crippen molar-refractivity contribution in [3.8, 4) is 0 Å². The molecule has 1 aromatic carbocycles. The molecule has 1 N–H and O–H groups in total. The van der Waals surface area contributed by atoms with Crippen molar-refractivity contribution in [2.75, 3.05) is 31.7 Å². The molecule has 0 aliphatic heterocycles. The van der Waals surface area contributed by atoms with Crippen LogP contribution in [0.3, 0.4) is 0 Å². The van der Waals surface area contributed by atoms with Gasteiger partial charge in [0.05, 0.1) is 6.61 Å². The first-order chi connectivity index (χ1) is 9.60. The summed E-state index contributed by atoms with van der Waals surface area (Å²) in [5, 5.41) is 4.24. The molecule has 0 fully saturated rings. The van der Waals surface area contributed by atoms with Gasteiger partial charge in [0.1, 0.15) is 0 Å². The van der Waals surface area contributed by atoms with Crippen LogP contribution in [0.4, 0.5) is 5.69 Å². The Morgan fingerprint density at radius 3 is 2.70 bits per heavy atom. The number of hydrogen-bond donors (Lipinski definition) is 1. The summed E-state index contributed by atoms with van der Waals surface area (Å²) in [5.41, 5.74) is 2.49. The van der Waals surface area contributed by atoms with E-state index < -0.39 is 0 Å². The summed E-state index contributed by atoms with van der Waals surface area (Å²) in [6.07, 6.45) is 1.13. The molecular weight excluding hydrogens is 272 g/mol. The van der Waals surface area contributed by atoms with Gasteiger partial charge in [-0.15, -0.1) is 0 Å². The molecule has 0 radical (unpaired) electrons. The van der Waals surface area contributed by atoms with Gasteiger partial charge in [-0.3, -0.25) is 0 Å². The first-order valence-corrected chi connectivity index (χ1v) is 7.72. The lowest BCUT2D eigenvalue weighted by Crippen LogP contribution is -2.35. The van der Waals surface area contributed by atoms with E-state index in [1.165, 1.54) is 11.3 Å². The number of halogens is 1. The summed E-state index contributed by atoms with van der Waals surface area (Å²) >= 11 is 6.15. The Morgan fingerprint density at radius 1 is 1.35 bits per heavy atom. The van der Waals surface area contributed by atoms with Crippen LogP contribution >= 0.6 is 11.6 Å². The van der Waals surface area contributed by atoms with Crippen molar-refractivity contribution in [1.29, 1.82) is 0 Å². The molecule has 1 rings (SSSR count). The number of nitrogens with one attached hydrogen (secondary N) is 1. The normalized spacial score (nSPS) is 11.1. The van der Waals surface area contributed by atoms with E-state index in [4.69, 9.17) is 16.3 Å². The van der Waals surface area contributed by atoms with Gasteiger partial charge in [-0.2, -0.15) is 0 Å². The van der Waals surface area contributed by atoms with E-state index in [2.05, 4.69) is 43.1 Å². The van der Waals surface area contributed by atoms with Crippen molar-refractivity contribution in [3.05, 3.63) is 28.8 Å². The number of anilines is 1. The minimum Gasteiger partial charge on any atom is -0.383 e. The second-order valence-corrected chi connectivity index (χ2v) is 5.67. The Labute approximate surface area is 128 Å². The molecule has 0 saturated carbocycles. The molecular formula is C16H27ClN2O. The van der Waals surface area contributed by atoms with Crippen LogP contribution in [-0.4, -0.2) is 32.8 Å². The van der Waals surface area contributed by atoms with Gasteiger partial charge in [0, 0.05) is 37.0 Å². The van der Waals surface area contributed by atoms with Crippen LogP contribution in [0.15, 0.2) is 18.2 Å². The highest BCUT2D eigenvalue weighted by Gasteiger charge is 2.14. The van der Waals surface area contributed by atoms with E-state index in [0.29, 0.717) is 6.04 Å². The SMILES string of the molecule is CCCNCc1cc(Cl)ccc1N(CCOC)C(C)C. The average Bonchev–Trinajstić information content (AvgIpc) is 2.41. The van der Waals surface area contributed by atoms with Crippen LogP contribution in [0.5, 0.6) is 0 Å². The molecule has 0 unspecified atom stereocenters. The summed E-state index contributed by atoms with van der Waals surface area (Å²) in [6.45, 7) is 10.1. The second kappa shape index (κ2) is 9.22. The smallest absolute Gasteiger partial charge is 0.0637 e.